The second-order valence-electron chi connectivity index (χ2n) is 4.19. The van der Waals surface area contributed by atoms with Crippen molar-refractivity contribution in [3.05, 3.63) is 0 Å². The number of likely N-dealkylation sites (tertiary alicyclic amines) is 1. The molecule has 0 aliphatic carbocycles. The van der Waals surface area contributed by atoms with Gasteiger partial charge in [-0.3, -0.25) is 14.0 Å². The van der Waals surface area contributed by atoms with E-state index in [-0.39, 0.29) is 0 Å². The lowest BCUT2D eigenvalue weighted by Crippen LogP contribution is -2.49. The highest BCUT2D eigenvalue weighted by Gasteiger charge is 2.64. The smallest absolute Gasteiger partial charge is 0.366 e. The van der Waals surface area contributed by atoms with Crippen LogP contribution in [0.4, 0.5) is 0 Å². The fraction of sp³-hybridized carbons (Fsp3) is 1.00. The SMILES string of the molecule is CC(N1CCCC1)C(O)(P(=O)(O)O)P(=O)(O)O. The Bertz CT molecular complexity index is 346. The van der Waals surface area contributed by atoms with Gasteiger partial charge < -0.3 is 24.7 Å². The first kappa shape index (κ1) is 15.3. The van der Waals surface area contributed by atoms with Gasteiger partial charge >= 0.3 is 15.2 Å². The van der Waals surface area contributed by atoms with Gasteiger partial charge in [0.1, 0.15) is 0 Å². The Morgan fingerprint density at radius 2 is 1.41 bits per heavy atom. The molecule has 1 atom stereocenters. The normalized spacial score (nSPS) is 21.8. The Labute approximate surface area is 98.6 Å². The molecule has 0 bridgehead atoms. The first-order valence-electron chi connectivity index (χ1n) is 5.09. The van der Waals surface area contributed by atoms with E-state index in [0.29, 0.717) is 13.1 Å². The van der Waals surface area contributed by atoms with Crippen LogP contribution in [0.5, 0.6) is 0 Å². The van der Waals surface area contributed by atoms with Crippen molar-refractivity contribution in [3.8, 4) is 0 Å². The summed E-state index contributed by atoms with van der Waals surface area (Å²) in [5.41, 5.74) is 0. The molecular formula is C7H17NO7P2. The van der Waals surface area contributed by atoms with Crippen molar-refractivity contribution in [2.75, 3.05) is 13.1 Å². The van der Waals surface area contributed by atoms with Crippen molar-refractivity contribution >= 4 is 15.2 Å². The van der Waals surface area contributed by atoms with Gasteiger partial charge in [-0.15, -0.1) is 0 Å². The third-order valence-electron chi connectivity index (χ3n) is 3.11. The predicted octanol–water partition coefficient (Wildman–Crippen LogP) is -0.528. The molecule has 102 valence electrons. The molecule has 1 aliphatic rings. The average Bonchev–Trinajstić information content (AvgIpc) is 2.64. The molecule has 0 spiro atoms. The van der Waals surface area contributed by atoms with Crippen LogP contribution >= 0.6 is 15.2 Å². The van der Waals surface area contributed by atoms with Crippen molar-refractivity contribution < 1.29 is 33.8 Å². The molecule has 0 aromatic carbocycles. The molecule has 0 amide bonds. The molecule has 1 heterocycles. The van der Waals surface area contributed by atoms with E-state index in [2.05, 4.69) is 0 Å². The van der Waals surface area contributed by atoms with Crippen LogP contribution in [0.3, 0.4) is 0 Å². The number of rotatable bonds is 4. The van der Waals surface area contributed by atoms with E-state index in [9.17, 15) is 14.2 Å². The monoisotopic (exact) mass is 289 g/mol. The Balaban J connectivity index is 3.16. The molecule has 1 aliphatic heterocycles. The fourth-order valence-electron chi connectivity index (χ4n) is 2.03. The third kappa shape index (κ3) is 2.64. The van der Waals surface area contributed by atoms with Crippen LogP contribution in [0.2, 0.25) is 0 Å². The first-order chi connectivity index (χ1) is 7.52. The van der Waals surface area contributed by atoms with Crippen molar-refractivity contribution in [3.63, 3.8) is 0 Å². The van der Waals surface area contributed by atoms with E-state index >= 15 is 0 Å². The summed E-state index contributed by atoms with van der Waals surface area (Å²) in [5, 5.41) is 6.50. The van der Waals surface area contributed by atoms with Gasteiger partial charge in [0.25, 0.3) is 5.08 Å². The van der Waals surface area contributed by atoms with Crippen molar-refractivity contribution in [2.45, 2.75) is 30.9 Å². The van der Waals surface area contributed by atoms with Gasteiger partial charge in [0.15, 0.2) is 0 Å². The van der Waals surface area contributed by atoms with Crippen LogP contribution in [0, 0.1) is 0 Å². The minimum absolute atomic E-state index is 0.448. The maximum atomic E-state index is 11.2. The molecule has 1 saturated heterocycles. The van der Waals surface area contributed by atoms with Crippen LogP contribution in [0.25, 0.3) is 0 Å². The van der Waals surface area contributed by atoms with Crippen LogP contribution in [0.1, 0.15) is 19.8 Å². The van der Waals surface area contributed by atoms with Gasteiger partial charge in [0, 0.05) is 0 Å². The first-order valence-corrected chi connectivity index (χ1v) is 8.32. The van der Waals surface area contributed by atoms with E-state index < -0.39 is 26.3 Å². The fourth-order valence-corrected chi connectivity index (χ4v) is 4.69. The predicted molar refractivity (Wildman–Crippen MR) is 59.3 cm³/mol. The molecule has 5 N–H and O–H groups in total. The summed E-state index contributed by atoms with van der Waals surface area (Å²) < 4.78 is 22.4. The lowest BCUT2D eigenvalue weighted by atomic mass is 10.3. The Morgan fingerprint density at radius 3 is 1.71 bits per heavy atom. The van der Waals surface area contributed by atoms with E-state index in [0.717, 1.165) is 12.8 Å². The van der Waals surface area contributed by atoms with Crippen LogP contribution in [-0.4, -0.2) is 53.8 Å². The van der Waals surface area contributed by atoms with Crippen LogP contribution < -0.4 is 0 Å². The van der Waals surface area contributed by atoms with Gasteiger partial charge in [-0.2, -0.15) is 0 Å². The lowest BCUT2D eigenvalue weighted by Gasteiger charge is -2.38. The second kappa shape index (κ2) is 4.72. The molecule has 0 radical (unpaired) electrons. The summed E-state index contributed by atoms with van der Waals surface area (Å²) in [6, 6.07) is -1.31. The Morgan fingerprint density at radius 1 is 1.06 bits per heavy atom. The Kier molecular flexibility index (Phi) is 4.24. The van der Waals surface area contributed by atoms with Gasteiger partial charge in [0.2, 0.25) is 0 Å². The molecule has 1 fully saturated rings. The van der Waals surface area contributed by atoms with E-state index in [1.54, 1.807) is 0 Å². The Hall–Kier alpha value is 0.220. The second-order valence-corrected chi connectivity index (χ2v) is 8.09. The average molecular weight is 289 g/mol. The molecule has 0 aromatic heterocycles. The lowest BCUT2D eigenvalue weighted by molar-refractivity contribution is 0.0521. The van der Waals surface area contributed by atoms with Gasteiger partial charge in [-0.25, -0.2) is 0 Å². The molecule has 0 aromatic rings. The van der Waals surface area contributed by atoms with Crippen LogP contribution in [-0.2, 0) is 9.13 Å². The molecule has 0 saturated carbocycles. The van der Waals surface area contributed by atoms with Crippen molar-refractivity contribution in [1.82, 2.24) is 4.90 Å². The standard InChI is InChI=1S/C7H17NO7P2/c1-6(8-4-2-3-5-8)7(9,16(10,11)12)17(13,14)15/h6,9H,2-5H2,1H3,(H2,10,11,12)(H2,13,14,15). The molecule has 10 heteroatoms. The summed E-state index contributed by atoms with van der Waals surface area (Å²) in [4.78, 5) is 37.7. The minimum atomic E-state index is -5.37. The zero-order valence-electron chi connectivity index (χ0n) is 9.30. The highest BCUT2D eigenvalue weighted by atomic mass is 31.2. The summed E-state index contributed by atoms with van der Waals surface area (Å²) in [5.74, 6) is 0. The molecule has 17 heavy (non-hydrogen) atoms. The third-order valence-corrected chi connectivity index (χ3v) is 7.13. The summed E-state index contributed by atoms with van der Waals surface area (Å²) in [6.07, 6.45) is 1.53. The highest BCUT2D eigenvalue weighted by Crippen LogP contribution is 2.69. The minimum Gasteiger partial charge on any atom is -0.366 e. The molecule has 1 rings (SSSR count). The van der Waals surface area contributed by atoms with E-state index in [1.807, 2.05) is 0 Å². The highest BCUT2D eigenvalue weighted by molar-refractivity contribution is 7.72. The summed E-state index contributed by atoms with van der Waals surface area (Å²) in [6.45, 7) is 2.11. The van der Waals surface area contributed by atoms with Gasteiger partial charge in [0.05, 0.1) is 6.04 Å². The topological polar surface area (TPSA) is 139 Å². The number of aliphatic hydroxyl groups is 1. The number of hydrogen-bond donors (Lipinski definition) is 5. The molecular weight excluding hydrogens is 272 g/mol. The largest absolute Gasteiger partial charge is 0.371 e. The van der Waals surface area contributed by atoms with E-state index in [4.69, 9.17) is 19.6 Å². The maximum absolute atomic E-state index is 11.2. The maximum Gasteiger partial charge on any atom is 0.371 e. The van der Waals surface area contributed by atoms with Crippen molar-refractivity contribution in [1.29, 1.82) is 0 Å². The number of hydrogen-bond acceptors (Lipinski definition) is 4. The van der Waals surface area contributed by atoms with Gasteiger partial charge in [-0.05, 0) is 32.9 Å². The number of nitrogens with zero attached hydrogens (tertiary/aromatic N) is 1. The van der Waals surface area contributed by atoms with E-state index in [1.165, 1.54) is 11.8 Å². The van der Waals surface area contributed by atoms with Gasteiger partial charge in [-0.1, -0.05) is 0 Å². The summed E-state index contributed by atoms with van der Waals surface area (Å²) in [7, 11) is -10.7. The molecule has 8 nitrogen and oxygen atoms in total. The molecule has 1 unspecified atom stereocenters. The zero-order valence-corrected chi connectivity index (χ0v) is 11.1. The zero-order chi connectivity index (χ0) is 13.5. The van der Waals surface area contributed by atoms with Crippen molar-refractivity contribution in [2.24, 2.45) is 0 Å². The van der Waals surface area contributed by atoms with Crippen LogP contribution in [0.15, 0.2) is 0 Å². The summed E-state index contributed by atoms with van der Waals surface area (Å²) >= 11 is 0. The quantitative estimate of drug-likeness (QED) is 0.435.